The molecule has 0 aliphatic heterocycles. The molecule has 0 spiro atoms. The van der Waals surface area contributed by atoms with Crippen molar-refractivity contribution in [1.29, 1.82) is 0 Å². The Hall–Kier alpha value is -1.54. The van der Waals surface area contributed by atoms with Crippen molar-refractivity contribution in [2.45, 2.75) is 32.1 Å². The molecule has 0 atom stereocenters. The van der Waals surface area contributed by atoms with E-state index < -0.39 is 0 Å². The summed E-state index contributed by atoms with van der Waals surface area (Å²) in [5.74, 6) is 0.549. The number of hydrogen-bond donors (Lipinski definition) is 1. The van der Waals surface area contributed by atoms with Crippen LogP contribution in [-0.2, 0) is 0 Å². The van der Waals surface area contributed by atoms with E-state index in [2.05, 4.69) is 12.1 Å². The summed E-state index contributed by atoms with van der Waals surface area (Å²) in [7, 11) is 0. The molecule has 2 aromatic rings. The van der Waals surface area contributed by atoms with Crippen LogP contribution in [0.1, 0.15) is 37.7 Å². The van der Waals surface area contributed by atoms with Crippen molar-refractivity contribution in [3.8, 4) is 0 Å². The molecule has 2 heteroatoms. The van der Waals surface area contributed by atoms with Gasteiger partial charge < -0.3 is 9.52 Å². The second-order valence-electron chi connectivity index (χ2n) is 5.40. The van der Waals surface area contributed by atoms with Gasteiger partial charge in [-0.1, -0.05) is 37.5 Å². The molecule has 2 nitrogen and oxygen atoms in total. The summed E-state index contributed by atoms with van der Waals surface area (Å²) in [4.78, 5) is 0. The highest BCUT2D eigenvalue weighted by Crippen LogP contribution is 2.32. The summed E-state index contributed by atoms with van der Waals surface area (Å²) in [5, 5.41) is 10.8. The molecule has 0 bridgehead atoms. The number of benzene rings is 1. The number of rotatable bonds is 3. The number of fused-ring (bicyclic) bond motifs is 1. The molecular weight excluding hydrogens is 236 g/mol. The Morgan fingerprint density at radius 1 is 1.21 bits per heavy atom. The third-order valence-corrected chi connectivity index (χ3v) is 4.16. The molecule has 19 heavy (non-hydrogen) atoms. The van der Waals surface area contributed by atoms with Crippen molar-refractivity contribution in [2.24, 2.45) is 5.92 Å². The van der Waals surface area contributed by atoms with Crippen LogP contribution in [0.2, 0.25) is 0 Å². The Labute approximate surface area is 113 Å². The quantitative estimate of drug-likeness (QED) is 0.883. The SMILES string of the molecule is OC/C(=C/c1coc2ccccc12)C1CCCCC1. The Kier molecular flexibility index (Phi) is 3.69. The third-order valence-electron chi connectivity index (χ3n) is 4.16. The van der Waals surface area contributed by atoms with Crippen LogP contribution in [-0.4, -0.2) is 11.7 Å². The van der Waals surface area contributed by atoms with Crippen LogP contribution in [0.15, 0.2) is 40.5 Å². The molecule has 1 saturated carbocycles. The minimum Gasteiger partial charge on any atom is -0.464 e. The van der Waals surface area contributed by atoms with E-state index in [0.29, 0.717) is 5.92 Å². The van der Waals surface area contributed by atoms with Crippen LogP contribution in [0.4, 0.5) is 0 Å². The lowest BCUT2D eigenvalue weighted by molar-refractivity contribution is 0.295. The van der Waals surface area contributed by atoms with E-state index >= 15 is 0 Å². The first kappa shape index (κ1) is 12.5. The maximum absolute atomic E-state index is 9.65. The fraction of sp³-hybridized carbons (Fsp3) is 0.412. The zero-order valence-electron chi connectivity index (χ0n) is 11.1. The lowest BCUT2D eigenvalue weighted by Crippen LogP contribution is -2.11. The first-order valence-corrected chi connectivity index (χ1v) is 7.16. The summed E-state index contributed by atoms with van der Waals surface area (Å²) >= 11 is 0. The number of aliphatic hydroxyl groups excluding tert-OH is 1. The summed E-state index contributed by atoms with van der Waals surface area (Å²) in [6.45, 7) is 0.157. The van der Waals surface area contributed by atoms with Crippen LogP contribution in [0.3, 0.4) is 0 Å². The maximum atomic E-state index is 9.65. The highest BCUT2D eigenvalue weighted by molar-refractivity contribution is 5.87. The van der Waals surface area contributed by atoms with Gasteiger partial charge in [-0.05, 0) is 36.5 Å². The molecule has 3 rings (SSSR count). The molecule has 0 amide bonds. The molecular formula is C17H20O2. The summed E-state index contributed by atoms with van der Waals surface area (Å²) in [6, 6.07) is 8.05. The predicted octanol–water partition coefficient (Wildman–Crippen LogP) is 4.39. The average molecular weight is 256 g/mol. The largest absolute Gasteiger partial charge is 0.464 e. The Morgan fingerprint density at radius 2 is 2.00 bits per heavy atom. The highest BCUT2D eigenvalue weighted by Gasteiger charge is 2.17. The fourth-order valence-corrected chi connectivity index (χ4v) is 3.08. The molecule has 100 valence electrons. The van der Waals surface area contributed by atoms with Crippen molar-refractivity contribution in [1.82, 2.24) is 0 Å². The van der Waals surface area contributed by atoms with E-state index in [1.807, 2.05) is 18.2 Å². The van der Waals surface area contributed by atoms with Crippen LogP contribution in [0.5, 0.6) is 0 Å². The molecule has 1 aromatic heterocycles. The van der Waals surface area contributed by atoms with Crippen molar-refractivity contribution in [2.75, 3.05) is 6.61 Å². The van der Waals surface area contributed by atoms with Crippen LogP contribution in [0, 0.1) is 5.92 Å². The second kappa shape index (κ2) is 5.62. The lowest BCUT2D eigenvalue weighted by Gasteiger charge is -2.23. The number of para-hydroxylation sites is 1. The predicted molar refractivity (Wildman–Crippen MR) is 77.9 cm³/mol. The van der Waals surface area contributed by atoms with Crippen molar-refractivity contribution >= 4 is 17.0 Å². The molecule has 1 aliphatic rings. The molecule has 1 N–H and O–H groups in total. The van der Waals surface area contributed by atoms with Crippen LogP contribution >= 0.6 is 0 Å². The van der Waals surface area contributed by atoms with E-state index in [9.17, 15) is 5.11 Å². The van der Waals surface area contributed by atoms with Gasteiger partial charge in [0.25, 0.3) is 0 Å². The molecule has 0 unspecified atom stereocenters. The Balaban J connectivity index is 1.93. The van der Waals surface area contributed by atoms with Gasteiger partial charge in [0.05, 0.1) is 12.9 Å². The Bertz CT molecular complexity index is 574. The average Bonchev–Trinajstić information content (AvgIpc) is 2.89. The second-order valence-corrected chi connectivity index (χ2v) is 5.40. The van der Waals surface area contributed by atoms with Gasteiger partial charge >= 0.3 is 0 Å². The van der Waals surface area contributed by atoms with Gasteiger partial charge in [-0.15, -0.1) is 0 Å². The van der Waals surface area contributed by atoms with Crippen molar-refractivity contribution in [3.63, 3.8) is 0 Å². The van der Waals surface area contributed by atoms with E-state index in [4.69, 9.17) is 4.42 Å². The van der Waals surface area contributed by atoms with Crippen molar-refractivity contribution < 1.29 is 9.52 Å². The lowest BCUT2D eigenvalue weighted by atomic mass is 9.83. The van der Waals surface area contributed by atoms with Gasteiger partial charge in [-0.25, -0.2) is 0 Å². The molecule has 1 aliphatic carbocycles. The van der Waals surface area contributed by atoms with Gasteiger partial charge in [0.15, 0.2) is 0 Å². The van der Waals surface area contributed by atoms with Crippen LogP contribution < -0.4 is 0 Å². The number of hydrogen-bond acceptors (Lipinski definition) is 2. The summed E-state index contributed by atoms with van der Waals surface area (Å²) < 4.78 is 5.56. The van der Waals surface area contributed by atoms with Gasteiger partial charge in [0, 0.05) is 10.9 Å². The van der Waals surface area contributed by atoms with Gasteiger partial charge in [-0.2, -0.15) is 0 Å². The standard InChI is InChI=1S/C17H20O2/c18-11-14(13-6-2-1-3-7-13)10-15-12-19-17-9-5-4-8-16(15)17/h4-5,8-10,12-13,18H,1-3,6-7,11H2/b14-10-. The molecule has 1 heterocycles. The topological polar surface area (TPSA) is 33.4 Å². The number of aliphatic hydroxyl groups is 1. The minimum absolute atomic E-state index is 0.157. The smallest absolute Gasteiger partial charge is 0.134 e. The fourth-order valence-electron chi connectivity index (χ4n) is 3.08. The molecule has 1 aromatic carbocycles. The minimum atomic E-state index is 0.157. The summed E-state index contributed by atoms with van der Waals surface area (Å²) in [6.07, 6.45) is 10.3. The first-order valence-electron chi connectivity index (χ1n) is 7.16. The molecule has 0 radical (unpaired) electrons. The normalized spacial score (nSPS) is 18.1. The first-order chi connectivity index (χ1) is 9.38. The van der Waals surface area contributed by atoms with Crippen molar-refractivity contribution in [3.05, 3.63) is 41.7 Å². The zero-order valence-corrected chi connectivity index (χ0v) is 11.1. The maximum Gasteiger partial charge on any atom is 0.134 e. The van der Waals surface area contributed by atoms with Gasteiger partial charge in [-0.3, -0.25) is 0 Å². The highest BCUT2D eigenvalue weighted by atomic mass is 16.3. The van der Waals surface area contributed by atoms with Crippen LogP contribution in [0.25, 0.3) is 17.0 Å². The van der Waals surface area contributed by atoms with E-state index in [-0.39, 0.29) is 6.61 Å². The van der Waals surface area contributed by atoms with E-state index in [1.54, 1.807) is 6.26 Å². The van der Waals surface area contributed by atoms with Gasteiger partial charge in [0.2, 0.25) is 0 Å². The van der Waals surface area contributed by atoms with Gasteiger partial charge in [0.1, 0.15) is 5.58 Å². The molecule has 0 saturated heterocycles. The van der Waals surface area contributed by atoms with E-state index in [1.165, 1.54) is 32.1 Å². The Morgan fingerprint density at radius 3 is 2.79 bits per heavy atom. The number of furan rings is 1. The molecule has 1 fully saturated rings. The summed E-state index contributed by atoms with van der Waals surface area (Å²) in [5.41, 5.74) is 3.16. The third kappa shape index (κ3) is 2.59. The van der Waals surface area contributed by atoms with E-state index in [0.717, 1.165) is 22.1 Å². The monoisotopic (exact) mass is 256 g/mol. The zero-order chi connectivity index (χ0) is 13.1.